The molecule has 1 atom stereocenters. The van der Waals surface area contributed by atoms with Crippen molar-refractivity contribution in [2.45, 2.75) is 31.7 Å². The van der Waals surface area contributed by atoms with Crippen LogP contribution in [0, 0.1) is 0 Å². The summed E-state index contributed by atoms with van der Waals surface area (Å²) in [6, 6.07) is 17.4. The summed E-state index contributed by atoms with van der Waals surface area (Å²) in [6.45, 7) is 0.984. The van der Waals surface area contributed by atoms with Crippen LogP contribution in [0.1, 0.15) is 47.6 Å². The average Bonchev–Trinajstić information content (AvgIpc) is 3.28. The van der Waals surface area contributed by atoms with Crippen LogP contribution in [-0.4, -0.2) is 51.5 Å². The summed E-state index contributed by atoms with van der Waals surface area (Å²) in [7, 11) is 3.49. The molecule has 1 fully saturated rings. The smallest absolute Gasteiger partial charge is 0.254 e. The van der Waals surface area contributed by atoms with Crippen molar-refractivity contribution >= 4 is 28.5 Å². The van der Waals surface area contributed by atoms with Gasteiger partial charge in [-0.2, -0.15) is 0 Å². The largest absolute Gasteiger partial charge is 0.384 e. The summed E-state index contributed by atoms with van der Waals surface area (Å²) in [5.41, 5.74) is 4.48. The van der Waals surface area contributed by atoms with Gasteiger partial charge in [0.25, 0.3) is 5.91 Å². The minimum absolute atomic E-state index is 0.0333. The number of nitrogens with one attached hydrogen (secondary N) is 1. The van der Waals surface area contributed by atoms with Crippen LogP contribution in [0.2, 0.25) is 0 Å². The number of ether oxygens (including phenoxy) is 1. The number of anilines is 1. The number of hydrogen-bond donors (Lipinski definition) is 1. The number of carbonyl (C=O) groups excluding carboxylic acids is 2. The fourth-order valence-electron chi connectivity index (χ4n) is 5.08. The predicted octanol–water partition coefficient (Wildman–Crippen LogP) is 4.98. The summed E-state index contributed by atoms with van der Waals surface area (Å²) in [5.74, 6) is 0.509. The van der Waals surface area contributed by atoms with Gasteiger partial charge < -0.3 is 19.5 Å². The Bertz CT molecular complexity index is 1400. The lowest BCUT2D eigenvalue weighted by Crippen LogP contribution is -2.38. The van der Waals surface area contributed by atoms with Crippen molar-refractivity contribution in [2.75, 3.05) is 25.6 Å². The number of fused-ring (bicyclic) bond motifs is 1. The minimum atomic E-state index is -0.179. The molecular formula is C29H31N5O3. The van der Waals surface area contributed by atoms with Crippen LogP contribution in [0.4, 0.5) is 5.69 Å². The van der Waals surface area contributed by atoms with Gasteiger partial charge >= 0.3 is 0 Å². The molecule has 0 spiro atoms. The number of nitrogens with zero attached hydrogens (tertiary/aromatic N) is 4. The van der Waals surface area contributed by atoms with Gasteiger partial charge in [-0.1, -0.05) is 36.4 Å². The summed E-state index contributed by atoms with van der Waals surface area (Å²) < 4.78 is 7.04. The minimum Gasteiger partial charge on any atom is -0.384 e. The molecule has 1 aliphatic heterocycles. The lowest BCUT2D eigenvalue weighted by molar-refractivity contribution is -0.117. The van der Waals surface area contributed by atoms with Gasteiger partial charge in [-0.05, 0) is 43.0 Å². The maximum absolute atomic E-state index is 13.9. The van der Waals surface area contributed by atoms with Crippen LogP contribution in [0.25, 0.3) is 22.4 Å². The molecule has 2 aromatic heterocycles. The standard InChI is InChI=1S/C29H31N5O3/c1-33-27-23(31-26(35)13-16-37-2)17-22(18-24(27)32-28(33)20-9-4-3-5-10-20)29(36)34-15-7-6-12-25(34)21-11-8-14-30-19-21/h3-5,8-11,14,17-19,25H,6-7,12-13,15-16H2,1-2H3,(H,31,35). The number of amides is 2. The van der Waals surface area contributed by atoms with E-state index in [2.05, 4.69) is 10.3 Å². The number of piperidine rings is 1. The van der Waals surface area contributed by atoms with E-state index in [1.807, 2.05) is 71.2 Å². The zero-order valence-corrected chi connectivity index (χ0v) is 21.2. The fraction of sp³-hybridized carbons (Fsp3) is 0.310. The van der Waals surface area contributed by atoms with Crippen molar-refractivity contribution < 1.29 is 14.3 Å². The molecule has 37 heavy (non-hydrogen) atoms. The van der Waals surface area contributed by atoms with Crippen molar-refractivity contribution in [3.05, 3.63) is 78.1 Å². The molecule has 2 aromatic carbocycles. The second-order valence-electron chi connectivity index (χ2n) is 9.34. The molecule has 0 radical (unpaired) electrons. The third kappa shape index (κ3) is 5.11. The lowest BCUT2D eigenvalue weighted by atomic mass is 9.95. The maximum atomic E-state index is 13.9. The van der Waals surface area contributed by atoms with Crippen LogP contribution in [-0.2, 0) is 16.6 Å². The summed E-state index contributed by atoms with van der Waals surface area (Å²) >= 11 is 0. The van der Waals surface area contributed by atoms with Crippen LogP contribution in [0.3, 0.4) is 0 Å². The Kier molecular flexibility index (Phi) is 7.28. The highest BCUT2D eigenvalue weighted by Gasteiger charge is 2.30. The zero-order chi connectivity index (χ0) is 25.8. The van der Waals surface area contributed by atoms with E-state index in [1.165, 1.54) is 0 Å². The van der Waals surface area contributed by atoms with E-state index in [0.29, 0.717) is 29.9 Å². The predicted molar refractivity (Wildman–Crippen MR) is 143 cm³/mol. The van der Waals surface area contributed by atoms with Crippen molar-refractivity contribution in [3.8, 4) is 11.4 Å². The summed E-state index contributed by atoms with van der Waals surface area (Å²) in [5, 5.41) is 3.01. The molecule has 1 unspecified atom stereocenters. The van der Waals surface area contributed by atoms with Crippen LogP contribution >= 0.6 is 0 Å². The van der Waals surface area contributed by atoms with Gasteiger partial charge in [0.2, 0.25) is 5.91 Å². The van der Waals surface area contributed by atoms with Crippen molar-refractivity contribution in [1.82, 2.24) is 19.4 Å². The van der Waals surface area contributed by atoms with Gasteiger partial charge in [-0.15, -0.1) is 0 Å². The quantitative estimate of drug-likeness (QED) is 0.389. The van der Waals surface area contributed by atoms with Gasteiger partial charge in [0.15, 0.2) is 0 Å². The maximum Gasteiger partial charge on any atom is 0.254 e. The second kappa shape index (κ2) is 10.9. The summed E-state index contributed by atoms with van der Waals surface area (Å²) in [4.78, 5) is 37.7. The highest BCUT2D eigenvalue weighted by Crippen LogP contribution is 2.34. The third-order valence-corrected chi connectivity index (χ3v) is 6.89. The molecule has 0 saturated carbocycles. The van der Waals surface area contributed by atoms with Gasteiger partial charge in [0.1, 0.15) is 5.82 Å². The second-order valence-corrected chi connectivity index (χ2v) is 9.34. The molecule has 3 heterocycles. The van der Waals surface area contributed by atoms with Crippen molar-refractivity contribution in [2.24, 2.45) is 7.05 Å². The molecular weight excluding hydrogens is 466 g/mol. The first-order chi connectivity index (χ1) is 18.1. The number of aromatic nitrogens is 3. The molecule has 8 nitrogen and oxygen atoms in total. The number of imidazole rings is 1. The molecule has 5 rings (SSSR count). The van der Waals surface area contributed by atoms with Crippen molar-refractivity contribution in [1.29, 1.82) is 0 Å². The Morgan fingerprint density at radius 2 is 1.95 bits per heavy atom. The Morgan fingerprint density at radius 1 is 1.11 bits per heavy atom. The number of methoxy groups -OCH3 is 1. The van der Waals surface area contributed by atoms with Gasteiger partial charge in [-0.3, -0.25) is 14.6 Å². The molecule has 1 aliphatic rings. The lowest BCUT2D eigenvalue weighted by Gasteiger charge is -2.36. The SMILES string of the molecule is COCCC(=O)Nc1cc(C(=O)N2CCCCC2c2cccnc2)cc2nc(-c3ccccc3)n(C)c12. The van der Waals surface area contributed by atoms with E-state index in [1.54, 1.807) is 19.4 Å². The number of carbonyl (C=O) groups is 2. The third-order valence-electron chi connectivity index (χ3n) is 6.89. The number of pyridine rings is 1. The molecule has 8 heteroatoms. The van der Waals surface area contributed by atoms with Gasteiger partial charge in [0.05, 0.1) is 35.8 Å². The topological polar surface area (TPSA) is 89.3 Å². The molecule has 0 aliphatic carbocycles. The summed E-state index contributed by atoms with van der Waals surface area (Å²) in [6.07, 6.45) is 6.70. The Hall–Kier alpha value is -4.04. The van der Waals surface area contributed by atoms with E-state index >= 15 is 0 Å². The number of benzene rings is 2. The normalized spacial score (nSPS) is 15.6. The number of rotatable bonds is 7. The first kappa shape index (κ1) is 24.6. The van der Waals surface area contributed by atoms with Gasteiger partial charge in [-0.25, -0.2) is 4.98 Å². The monoisotopic (exact) mass is 497 g/mol. The first-order valence-corrected chi connectivity index (χ1v) is 12.6. The van der Waals surface area contributed by atoms with E-state index in [9.17, 15) is 9.59 Å². The fourth-order valence-corrected chi connectivity index (χ4v) is 5.08. The van der Waals surface area contributed by atoms with Crippen molar-refractivity contribution in [3.63, 3.8) is 0 Å². The molecule has 190 valence electrons. The molecule has 0 bridgehead atoms. The highest BCUT2D eigenvalue weighted by molar-refractivity contribution is 6.06. The van der Waals surface area contributed by atoms with Crippen LogP contribution in [0.5, 0.6) is 0 Å². The molecule has 2 amide bonds. The van der Waals surface area contributed by atoms with Crippen LogP contribution in [0.15, 0.2) is 67.0 Å². The van der Waals surface area contributed by atoms with E-state index < -0.39 is 0 Å². The molecule has 4 aromatic rings. The number of likely N-dealkylation sites (tertiary alicyclic amines) is 1. The van der Waals surface area contributed by atoms with E-state index in [4.69, 9.17) is 9.72 Å². The number of aryl methyl sites for hydroxylation is 1. The Balaban J connectivity index is 1.58. The average molecular weight is 498 g/mol. The van der Waals surface area contributed by atoms with E-state index in [0.717, 1.165) is 41.7 Å². The van der Waals surface area contributed by atoms with E-state index in [-0.39, 0.29) is 24.3 Å². The molecule has 1 N–H and O–H groups in total. The van der Waals surface area contributed by atoms with Gasteiger partial charge in [0, 0.05) is 44.2 Å². The zero-order valence-electron chi connectivity index (χ0n) is 21.2. The Morgan fingerprint density at radius 3 is 2.70 bits per heavy atom. The molecule has 1 saturated heterocycles. The first-order valence-electron chi connectivity index (χ1n) is 12.6. The Labute approximate surface area is 216 Å². The number of hydrogen-bond acceptors (Lipinski definition) is 5. The highest BCUT2D eigenvalue weighted by atomic mass is 16.5. The van der Waals surface area contributed by atoms with Crippen LogP contribution < -0.4 is 5.32 Å².